The Hall–Kier alpha value is -0.930. The summed E-state index contributed by atoms with van der Waals surface area (Å²) in [5, 5.41) is 0. The van der Waals surface area contributed by atoms with Gasteiger partial charge in [0.05, 0.1) is 5.69 Å². The van der Waals surface area contributed by atoms with Crippen molar-refractivity contribution < 1.29 is 0 Å². The maximum Gasteiger partial charge on any atom is 0.0571 e. The lowest BCUT2D eigenvalue weighted by Crippen LogP contribution is -2.36. The molecule has 0 aliphatic carbocycles. The molecule has 0 aliphatic rings. The van der Waals surface area contributed by atoms with Gasteiger partial charge in [0.1, 0.15) is 0 Å². The van der Waals surface area contributed by atoms with Gasteiger partial charge in [-0.2, -0.15) is 0 Å². The van der Waals surface area contributed by atoms with Gasteiger partial charge in [0.25, 0.3) is 0 Å². The molecule has 1 aromatic heterocycles. The highest BCUT2D eigenvalue weighted by atomic mass is 14.8. The molecule has 1 rings (SSSR count). The molecule has 4 N–H and O–H groups in total. The van der Waals surface area contributed by atoms with Crippen molar-refractivity contribution in [1.82, 2.24) is 4.98 Å². The molecule has 0 aliphatic heterocycles. The lowest BCUT2D eigenvalue weighted by Gasteiger charge is -2.22. The molecule has 0 amide bonds. The van der Waals surface area contributed by atoms with Gasteiger partial charge < -0.3 is 11.5 Å². The van der Waals surface area contributed by atoms with Crippen LogP contribution in [-0.4, -0.2) is 10.5 Å². The number of hydrogen-bond acceptors (Lipinski definition) is 3. The molecule has 3 heteroatoms. The lowest BCUT2D eigenvalue weighted by molar-refractivity contribution is 0.424. The minimum Gasteiger partial charge on any atom is -0.325 e. The second kappa shape index (κ2) is 3.85. The van der Waals surface area contributed by atoms with E-state index in [0.717, 1.165) is 12.1 Å². The maximum absolute atomic E-state index is 5.94. The highest BCUT2D eigenvalue weighted by molar-refractivity contribution is 5.08. The van der Waals surface area contributed by atoms with Gasteiger partial charge in [-0.25, -0.2) is 0 Å². The first-order chi connectivity index (χ1) is 5.99. The Morgan fingerprint density at radius 3 is 2.62 bits per heavy atom. The number of rotatable bonds is 3. The molecule has 0 radical (unpaired) electrons. The van der Waals surface area contributed by atoms with Gasteiger partial charge in [0, 0.05) is 17.8 Å². The third kappa shape index (κ3) is 3.53. The Kier molecular flexibility index (Phi) is 3.01. The summed E-state index contributed by atoms with van der Waals surface area (Å²) >= 11 is 0. The highest BCUT2D eigenvalue weighted by Gasteiger charge is 2.17. The van der Waals surface area contributed by atoms with E-state index in [9.17, 15) is 0 Å². The van der Waals surface area contributed by atoms with Crippen LogP contribution in [0.15, 0.2) is 24.4 Å². The van der Waals surface area contributed by atoms with E-state index < -0.39 is 0 Å². The van der Waals surface area contributed by atoms with Crippen LogP contribution < -0.4 is 11.5 Å². The number of pyridine rings is 1. The van der Waals surface area contributed by atoms with Crippen LogP contribution in [0.3, 0.4) is 0 Å². The second-order valence-electron chi connectivity index (χ2n) is 4.05. The van der Waals surface area contributed by atoms with Crippen molar-refractivity contribution in [3.63, 3.8) is 0 Å². The molecular weight excluding hydrogens is 162 g/mol. The fourth-order valence-electron chi connectivity index (χ4n) is 1.27. The Morgan fingerprint density at radius 2 is 2.15 bits per heavy atom. The van der Waals surface area contributed by atoms with Crippen LogP contribution in [-0.2, 0) is 0 Å². The van der Waals surface area contributed by atoms with Crippen molar-refractivity contribution in [1.29, 1.82) is 0 Å². The third-order valence-corrected chi connectivity index (χ3v) is 1.81. The summed E-state index contributed by atoms with van der Waals surface area (Å²) in [5.74, 6) is 0. The van der Waals surface area contributed by atoms with Gasteiger partial charge in [-0.3, -0.25) is 4.98 Å². The van der Waals surface area contributed by atoms with E-state index in [1.165, 1.54) is 0 Å². The fraction of sp³-hybridized carbons (Fsp3) is 0.500. The smallest absolute Gasteiger partial charge is 0.0571 e. The van der Waals surface area contributed by atoms with E-state index >= 15 is 0 Å². The average molecular weight is 179 g/mol. The van der Waals surface area contributed by atoms with E-state index in [-0.39, 0.29) is 11.6 Å². The van der Waals surface area contributed by atoms with Crippen molar-refractivity contribution in [2.24, 2.45) is 11.5 Å². The number of hydrogen-bond donors (Lipinski definition) is 2. The van der Waals surface area contributed by atoms with E-state index in [0.29, 0.717) is 0 Å². The van der Waals surface area contributed by atoms with E-state index in [4.69, 9.17) is 11.5 Å². The van der Waals surface area contributed by atoms with Gasteiger partial charge >= 0.3 is 0 Å². The first-order valence-corrected chi connectivity index (χ1v) is 4.44. The van der Waals surface area contributed by atoms with Gasteiger partial charge in [0.15, 0.2) is 0 Å². The van der Waals surface area contributed by atoms with Crippen LogP contribution in [0.1, 0.15) is 32.0 Å². The molecule has 1 aromatic rings. The molecule has 1 atom stereocenters. The third-order valence-electron chi connectivity index (χ3n) is 1.81. The molecule has 72 valence electrons. The van der Waals surface area contributed by atoms with Crippen LogP contribution in [0.25, 0.3) is 0 Å². The predicted octanol–water partition coefficient (Wildman–Crippen LogP) is 1.21. The summed E-state index contributed by atoms with van der Waals surface area (Å²) in [5.41, 5.74) is 12.5. The Morgan fingerprint density at radius 1 is 1.46 bits per heavy atom. The van der Waals surface area contributed by atoms with Crippen LogP contribution in [0, 0.1) is 0 Å². The monoisotopic (exact) mass is 179 g/mol. The summed E-state index contributed by atoms with van der Waals surface area (Å²) in [4.78, 5) is 4.18. The SMILES string of the molecule is CC(C)(N)CC(N)c1ccccn1. The summed E-state index contributed by atoms with van der Waals surface area (Å²) < 4.78 is 0. The molecule has 0 spiro atoms. The lowest BCUT2D eigenvalue weighted by atomic mass is 9.95. The standard InChI is InChI=1S/C10H17N3/c1-10(2,12)7-8(11)9-5-3-4-6-13-9/h3-6,8H,7,11-12H2,1-2H3. The quantitative estimate of drug-likeness (QED) is 0.733. The number of nitrogens with zero attached hydrogens (tertiary/aromatic N) is 1. The zero-order chi connectivity index (χ0) is 9.90. The zero-order valence-corrected chi connectivity index (χ0v) is 8.20. The van der Waals surface area contributed by atoms with Gasteiger partial charge in [-0.15, -0.1) is 0 Å². The Labute approximate surface area is 79.2 Å². The van der Waals surface area contributed by atoms with Crippen molar-refractivity contribution in [2.75, 3.05) is 0 Å². The molecule has 0 bridgehead atoms. The van der Waals surface area contributed by atoms with E-state index in [1.807, 2.05) is 32.0 Å². The largest absolute Gasteiger partial charge is 0.325 e. The van der Waals surface area contributed by atoms with E-state index in [1.54, 1.807) is 6.20 Å². The van der Waals surface area contributed by atoms with Crippen LogP contribution in [0.4, 0.5) is 0 Å². The molecule has 0 fully saturated rings. The van der Waals surface area contributed by atoms with Crippen LogP contribution >= 0.6 is 0 Å². The van der Waals surface area contributed by atoms with E-state index in [2.05, 4.69) is 4.98 Å². The molecule has 0 aromatic carbocycles. The molecule has 1 unspecified atom stereocenters. The second-order valence-corrected chi connectivity index (χ2v) is 4.05. The van der Waals surface area contributed by atoms with Crippen LogP contribution in [0.5, 0.6) is 0 Å². The van der Waals surface area contributed by atoms with Gasteiger partial charge in [-0.05, 0) is 32.4 Å². The summed E-state index contributed by atoms with van der Waals surface area (Å²) in [6, 6.07) is 5.67. The average Bonchev–Trinajstić information content (AvgIpc) is 2.03. The predicted molar refractivity (Wildman–Crippen MR) is 54.0 cm³/mol. The Balaban J connectivity index is 2.64. The zero-order valence-electron chi connectivity index (χ0n) is 8.20. The first kappa shape index (κ1) is 10.2. The normalized spacial score (nSPS) is 14.2. The molecule has 1 heterocycles. The summed E-state index contributed by atoms with van der Waals surface area (Å²) in [7, 11) is 0. The molecule has 13 heavy (non-hydrogen) atoms. The van der Waals surface area contributed by atoms with Crippen molar-refractivity contribution in [3.8, 4) is 0 Å². The summed E-state index contributed by atoms with van der Waals surface area (Å²) in [6.07, 6.45) is 2.49. The number of aromatic nitrogens is 1. The van der Waals surface area contributed by atoms with Crippen LogP contribution in [0.2, 0.25) is 0 Å². The molecular formula is C10H17N3. The van der Waals surface area contributed by atoms with Crippen molar-refractivity contribution in [2.45, 2.75) is 31.8 Å². The minimum absolute atomic E-state index is 0.0683. The topological polar surface area (TPSA) is 64.9 Å². The molecule has 0 saturated carbocycles. The van der Waals surface area contributed by atoms with Gasteiger partial charge in [0.2, 0.25) is 0 Å². The maximum atomic E-state index is 5.94. The minimum atomic E-state index is -0.239. The number of nitrogens with two attached hydrogens (primary N) is 2. The van der Waals surface area contributed by atoms with Crippen molar-refractivity contribution in [3.05, 3.63) is 30.1 Å². The van der Waals surface area contributed by atoms with Crippen molar-refractivity contribution >= 4 is 0 Å². The summed E-state index contributed by atoms with van der Waals surface area (Å²) in [6.45, 7) is 3.94. The fourth-order valence-corrected chi connectivity index (χ4v) is 1.27. The first-order valence-electron chi connectivity index (χ1n) is 4.44. The molecule has 0 saturated heterocycles. The van der Waals surface area contributed by atoms with Gasteiger partial charge in [-0.1, -0.05) is 6.07 Å². The Bertz CT molecular complexity index is 251. The molecule has 3 nitrogen and oxygen atoms in total. The highest BCUT2D eigenvalue weighted by Crippen LogP contribution is 2.17.